The van der Waals surface area contributed by atoms with Gasteiger partial charge < -0.3 is 15.2 Å². The van der Waals surface area contributed by atoms with Crippen molar-refractivity contribution in [3.05, 3.63) is 47.4 Å². The van der Waals surface area contributed by atoms with E-state index in [2.05, 4.69) is 25.8 Å². The van der Waals surface area contributed by atoms with Crippen molar-refractivity contribution in [2.45, 2.75) is 31.7 Å². The van der Waals surface area contributed by atoms with Crippen molar-refractivity contribution in [1.82, 2.24) is 20.8 Å². The van der Waals surface area contributed by atoms with Gasteiger partial charge in [-0.05, 0) is 31.4 Å². The Morgan fingerprint density at radius 3 is 2.67 bits per heavy atom. The number of benzene rings is 1. The van der Waals surface area contributed by atoms with Crippen LogP contribution in [0.5, 0.6) is 0 Å². The Morgan fingerprint density at radius 2 is 2.08 bits per heavy atom. The second-order valence-corrected chi connectivity index (χ2v) is 5.77. The molecule has 0 atom stereocenters. The minimum absolute atomic E-state index is 0. The molecule has 1 aromatic carbocycles. The fourth-order valence-corrected chi connectivity index (χ4v) is 2.63. The predicted octanol–water partition coefficient (Wildman–Crippen LogP) is 2.53. The number of nitrogens with one attached hydrogen (secondary N) is 2. The van der Waals surface area contributed by atoms with Crippen molar-refractivity contribution >= 4 is 29.9 Å². The zero-order valence-corrected chi connectivity index (χ0v) is 16.0. The second kappa shape index (κ2) is 7.91. The molecular weight excluding hydrogens is 424 g/mol. The summed E-state index contributed by atoms with van der Waals surface area (Å²) >= 11 is 0. The Balaban J connectivity index is 0.00000208. The number of hydrogen-bond acceptors (Lipinski definition) is 4. The Bertz CT molecular complexity index is 714. The maximum absolute atomic E-state index is 14.0. The van der Waals surface area contributed by atoms with Crippen LogP contribution in [0.2, 0.25) is 0 Å². The maximum Gasteiger partial charge on any atom is 0.246 e. The maximum atomic E-state index is 14.0. The molecule has 1 aliphatic carbocycles. The van der Waals surface area contributed by atoms with Gasteiger partial charge in [0, 0.05) is 19.0 Å². The molecule has 1 aromatic heterocycles. The molecule has 1 heterocycles. The summed E-state index contributed by atoms with van der Waals surface area (Å²) in [5, 5.41) is 10.1. The Morgan fingerprint density at radius 1 is 1.33 bits per heavy atom. The molecular formula is C16H21FIN5O. The van der Waals surface area contributed by atoms with Crippen molar-refractivity contribution in [3.63, 3.8) is 0 Å². The molecule has 1 saturated carbocycles. The summed E-state index contributed by atoms with van der Waals surface area (Å²) in [4.78, 5) is 8.29. The van der Waals surface area contributed by atoms with Crippen molar-refractivity contribution in [2.24, 2.45) is 4.99 Å². The van der Waals surface area contributed by atoms with E-state index in [-0.39, 0.29) is 35.2 Å². The number of halogens is 2. The zero-order valence-electron chi connectivity index (χ0n) is 13.7. The third-order valence-corrected chi connectivity index (χ3v) is 4.09. The van der Waals surface area contributed by atoms with Gasteiger partial charge >= 0.3 is 0 Å². The average Bonchev–Trinajstić information content (AvgIpc) is 3.22. The van der Waals surface area contributed by atoms with E-state index < -0.39 is 0 Å². The summed E-state index contributed by atoms with van der Waals surface area (Å²) in [6.45, 7) is 2.80. The topological polar surface area (TPSA) is 75.3 Å². The Hall–Kier alpha value is -1.71. The van der Waals surface area contributed by atoms with Gasteiger partial charge in [-0.2, -0.15) is 4.98 Å². The van der Waals surface area contributed by atoms with Crippen LogP contribution in [-0.4, -0.2) is 29.7 Å². The highest BCUT2D eigenvalue weighted by molar-refractivity contribution is 14.0. The lowest BCUT2D eigenvalue weighted by atomic mass is 9.95. The first-order chi connectivity index (χ1) is 11.1. The van der Waals surface area contributed by atoms with Crippen LogP contribution < -0.4 is 10.6 Å². The van der Waals surface area contributed by atoms with Gasteiger partial charge in [0.25, 0.3) is 0 Å². The summed E-state index contributed by atoms with van der Waals surface area (Å²) in [6, 6.07) is 6.97. The average molecular weight is 445 g/mol. The van der Waals surface area contributed by atoms with Crippen LogP contribution in [0.1, 0.15) is 30.1 Å². The molecule has 0 aliphatic heterocycles. The van der Waals surface area contributed by atoms with Crippen LogP contribution in [0.4, 0.5) is 4.39 Å². The van der Waals surface area contributed by atoms with Crippen molar-refractivity contribution in [3.8, 4) is 0 Å². The zero-order chi connectivity index (χ0) is 16.3. The predicted molar refractivity (Wildman–Crippen MR) is 100.0 cm³/mol. The van der Waals surface area contributed by atoms with E-state index in [0.29, 0.717) is 30.8 Å². The highest BCUT2D eigenvalue weighted by Gasteiger charge is 2.45. The number of rotatable bonds is 5. The molecule has 6 nitrogen and oxygen atoms in total. The summed E-state index contributed by atoms with van der Waals surface area (Å²) in [7, 11) is 1.69. The highest BCUT2D eigenvalue weighted by Crippen LogP contribution is 2.48. The van der Waals surface area contributed by atoms with E-state index in [1.54, 1.807) is 20.0 Å². The van der Waals surface area contributed by atoms with Crippen LogP contribution in [-0.2, 0) is 12.0 Å². The monoisotopic (exact) mass is 445 g/mol. The van der Waals surface area contributed by atoms with E-state index in [1.807, 2.05) is 12.1 Å². The van der Waals surface area contributed by atoms with Gasteiger partial charge in [-0.25, -0.2) is 4.39 Å². The van der Waals surface area contributed by atoms with Gasteiger partial charge in [0.1, 0.15) is 5.82 Å². The molecule has 0 radical (unpaired) electrons. The summed E-state index contributed by atoms with van der Waals surface area (Å²) < 4.78 is 19.0. The Kier molecular flexibility index (Phi) is 6.14. The summed E-state index contributed by atoms with van der Waals surface area (Å²) in [6.07, 6.45) is 1.95. The third-order valence-electron chi connectivity index (χ3n) is 4.09. The lowest BCUT2D eigenvalue weighted by Gasteiger charge is -2.19. The van der Waals surface area contributed by atoms with Crippen LogP contribution in [0.15, 0.2) is 33.8 Å². The number of hydrogen-bond donors (Lipinski definition) is 2. The number of aryl methyl sites for hydroxylation is 1. The molecule has 130 valence electrons. The number of guanidine groups is 1. The normalized spacial score (nSPS) is 15.5. The van der Waals surface area contributed by atoms with Crippen LogP contribution >= 0.6 is 24.0 Å². The SMILES string of the molecule is CN=C(NCc1nc(C)no1)NCC1(c2ccccc2F)CC1.I. The lowest BCUT2D eigenvalue weighted by molar-refractivity contribution is 0.371. The minimum Gasteiger partial charge on any atom is -0.356 e. The molecule has 8 heteroatoms. The quantitative estimate of drug-likeness (QED) is 0.421. The molecule has 1 aliphatic rings. The molecule has 0 bridgehead atoms. The molecule has 3 rings (SSSR count). The van der Waals surface area contributed by atoms with Crippen LogP contribution in [0.25, 0.3) is 0 Å². The van der Waals surface area contributed by atoms with Gasteiger partial charge in [0.15, 0.2) is 11.8 Å². The highest BCUT2D eigenvalue weighted by atomic mass is 127. The third kappa shape index (κ3) is 4.22. The van der Waals surface area contributed by atoms with Gasteiger partial charge in [-0.1, -0.05) is 23.4 Å². The van der Waals surface area contributed by atoms with E-state index in [4.69, 9.17) is 4.52 Å². The van der Waals surface area contributed by atoms with E-state index in [0.717, 1.165) is 18.4 Å². The van der Waals surface area contributed by atoms with Crippen molar-refractivity contribution in [2.75, 3.05) is 13.6 Å². The summed E-state index contributed by atoms with van der Waals surface area (Å²) in [5.41, 5.74) is 0.639. The fourth-order valence-electron chi connectivity index (χ4n) is 2.63. The number of aromatic nitrogens is 2. The van der Waals surface area contributed by atoms with Gasteiger partial charge in [0.05, 0.1) is 6.54 Å². The minimum atomic E-state index is -0.143. The molecule has 0 unspecified atom stereocenters. The number of nitrogens with zero attached hydrogens (tertiary/aromatic N) is 3. The molecule has 24 heavy (non-hydrogen) atoms. The fraction of sp³-hybridized carbons (Fsp3) is 0.438. The van der Waals surface area contributed by atoms with E-state index >= 15 is 0 Å². The first-order valence-electron chi connectivity index (χ1n) is 7.62. The van der Waals surface area contributed by atoms with E-state index in [9.17, 15) is 4.39 Å². The second-order valence-electron chi connectivity index (χ2n) is 5.77. The largest absolute Gasteiger partial charge is 0.356 e. The first-order valence-corrected chi connectivity index (χ1v) is 7.62. The molecule has 0 amide bonds. The van der Waals surface area contributed by atoms with Crippen molar-refractivity contribution in [1.29, 1.82) is 0 Å². The smallest absolute Gasteiger partial charge is 0.246 e. The summed E-state index contributed by atoms with van der Waals surface area (Å²) in [5.74, 6) is 1.58. The molecule has 0 saturated heterocycles. The van der Waals surface area contributed by atoms with Crippen LogP contribution in [0.3, 0.4) is 0 Å². The first kappa shape index (κ1) is 18.6. The molecule has 2 N–H and O–H groups in total. The van der Waals surface area contributed by atoms with Gasteiger partial charge in [-0.15, -0.1) is 24.0 Å². The number of aliphatic imine (C=N–C) groups is 1. The Labute approximate surface area is 157 Å². The van der Waals surface area contributed by atoms with Crippen LogP contribution in [0, 0.1) is 12.7 Å². The van der Waals surface area contributed by atoms with E-state index in [1.165, 1.54) is 6.07 Å². The van der Waals surface area contributed by atoms with Crippen molar-refractivity contribution < 1.29 is 8.91 Å². The molecule has 1 fully saturated rings. The molecule has 0 spiro atoms. The van der Waals surface area contributed by atoms with Gasteiger partial charge in [-0.3, -0.25) is 4.99 Å². The lowest BCUT2D eigenvalue weighted by Crippen LogP contribution is -2.41. The standard InChI is InChI=1S/C16H20FN5O.HI/c1-11-21-14(23-22-11)9-19-15(18-2)20-10-16(7-8-16)12-5-3-4-6-13(12)17;/h3-6H,7-10H2,1-2H3,(H2,18,19,20);1H. The van der Waals surface area contributed by atoms with Gasteiger partial charge in [0.2, 0.25) is 5.89 Å². The molecule has 2 aromatic rings.